The quantitative estimate of drug-likeness (QED) is 0.746. The predicted octanol–water partition coefficient (Wildman–Crippen LogP) is 1.37. The van der Waals surface area contributed by atoms with Crippen molar-refractivity contribution in [3.05, 3.63) is 23.7 Å². The third kappa shape index (κ3) is 1.52. The summed E-state index contributed by atoms with van der Waals surface area (Å²) in [6, 6.07) is 1.76. The van der Waals surface area contributed by atoms with Crippen LogP contribution < -0.4 is 5.73 Å². The molecule has 0 aliphatic heterocycles. The van der Waals surface area contributed by atoms with Crippen LogP contribution >= 0.6 is 0 Å². The lowest BCUT2D eigenvalue weighted by Gasteiger charge is -2.18. The number of Topliss-reactive ketones (excluding diaryl/α,β-unsaturated/α-hetero) is 1. The summed E-state index contributed by atoms with van der Waals surface area (Å²) < 4.78 is 5.24. The fraction of sp³-hybridized carbons (Fsp3) is 0.500. The molecule has 3 heteroatoms. The zero-order chi connectivity index (χ0) is 9.26. The van der Waals surface area contributed by atoms with Crippen LogP contribution in [0.1, 0.15) is 29.0 Å². The van der Waals surface area contributed by atoms with E-state index in [1.54, 1.807) is 12.3 Å². The summed E-state index contributed by atoms with van der Waals surface area (Å²) in [4.78, 5) is 11.5. The molecule has 3 nitrogen and oxygen atoms in total. The summed E-state index contributed by atoms with van der Waals surface area (Å²) in [6.07, 6.45) is 3.99. The SMILES string of the molecule is NCCC1CC(=O)c2ccoc2C1. The Labute approximate surface area is 76.9 Å². The topological polar surface area (TPSA) is 56.2 Å². The van der Waals surface area contributed by atoms with Gasteiger partial charge in [0.05, 0.1) is 11.8 Å². The highest BCUT2D eigenvalue weighted by atomic mass is 16.3. The molecule has 13 heavy (non-hydrogen) atoms. The number of hydrogen-bond donors (Lipinski definition) is 1. The molecule has 0 saturated carbocycles. The van der Waals surface area contributed by atoms with Crippen LogP contribution in [0.3, 0.4) is 0 Å². The smallest absolute Gasteiger partial charge is 0.166 e. The highest BCUT2D eigenvalue weighted by Gasteiger charge is 2.26. The lowest BCUT2D eigenvalue weighted by atomic mass is 9.85. The van der Waals surface area contributed by atoms with Gasteiger partial charge in [-0.3, -0.25) is 4.79 Å². The minimum atomic E-state index is 0.202. The van der Waals surface area contributed by atoms with E-state index in [2.05, 4.69) is 0 Å². The summed E-state index contributed by atoms with van der Waals surface area (Å²) in [6.45, 7) is 0.647. The zero-order valence-electron chi connectivity index (χ0n) is 7.45. The molecular weight excluding hydrogens is 166 g/mol. The molecule has 0 bridgehead atoms. The van der Waals surface area contributed by atoms with Gasteiger partial charge in [-0.15, -0.1) is 0 Å². The largest absolute Gasteiger partial charge is 0.469 e. The Hall–Kier alpha value is -1.09. The molecule has 2 rings (SSSR count). The maximum atomic E-state index is 11.5. The maximum Gasteiger partial charge on any atom is 0.166 e. The molecule has 1 aromatic heterocycles. The van der Waals surface area contributed by atoms with E-state index in [1.165, 1.54) is 0 Å². The minimum absolute atomic E-state index is 0.202. The highest BCUT2D eigenvalue weighted by Crippen LogP contribution is 2.27. The van der Waals surface area contributed by atoms with Crippen molar-refractivity contribution in [2.24, 2.45) is 11.7 Å². The van der Waals surface area contributed by atoms with Gasteiger partial charge in [-0.25, -0.2) is 0 Å². The van der Waals surface area contributed by atoms with E-state index in [0.717, 1.165) is 24.2 Å². The van der Waals surface area contributed by atoms with Gasteiger partial charge in [-0.2, -0.15) is 0 Å². The van der Waals surface area contributed by atoms with Crippen molar-refractivity contribution < 1.29 is 9.21 Å². The Morgan fingerprint density at radius 3 is 3.15 bits per heavy atom. The molecule has 70 valence electrons. The lowest BCUT2D eigenvalue weighted by molar-refractivity contribution is 0.0942. The first kappa shape index (κ1) is 8.51. The standard InChI is InChI=1S/C10H13NO2/c11-3-1-7-5-9(12)8-2-4-13-10(8)6-7/h2,4,7H,1,3,5-6,11H2. The first-order chi connectivity index (χ1) is 6.31. The van der Waals surface area contributed by atoms with Gasteiger partial charge < -0.3 is 10.2 Å². The predicted molar refractivity (Wildman–Crippen MR) is 48.5 cm³/mol. The van der Waals surface area contributed by atoms with Gasteiger partial charge in [0.25, 0.3) is 0 Å². The first-order valence-corrected chi connectivity index (χ1v) is 4.61. The Bertz CT molecular complexity index is 316. The van der Waals surface area contributed by atoms with Crippen molar-refractivity contribution in [1.29, 1.82) is 0 Å². The van der Waals surface area contributed by atoms with Crippen LogP contribution in [0.4, 0.5) is 0 Å². The molecule has 0 spiro atoms. The number of ketones is 1. The molecule has 1 unspecified atom stereocenters. The van der Waals surface area contributed by atoms with E-state index >= 15 is 0 Å². The second-order valence-corrected chi connectivity index (χ2v) is 3.53. The third-order valence-electron chi connectivity index (χ3n) is 2.57. The molecule has 1 aromatic rings. The van der Waals surface area contributed by atoms with Gasteiger partial charge in [-0.1, -0.05) is 0 Å². The van der Waals surface area contributed by atoms with Crippen LogP contribution in [-0.4, -0.2) is 12.3 Å². The average Bonchev–Trinajstić information content (AvgIpc) is 2.53. The molecule has 0 fully saturated rings. The second kappa shape index (κ2) is 3.34. The molecule has 0 aromatic carbocycles. The second-order valence-electron chi connectivity index (χ2n) is 3.53. The van der Waals surface area contributed by atoms with Crippen molar-refractivity contribution in [2.45, 2.75) is 19.3 Å². The fourth-order valence-corrected chi connectivity index (χ4v) is 1.89. The van der Waals surface area contributed by atoms with E-state index in [4.69, 9.17) is 10.2 Å². The normalized spacial score (nSPS) is 21.6. The summed E-state index contributed by atoms with van der Waals surface area (Å²) in [5, 5.41) is 0. The average molecular weight is 179 g/mol. The van der Waals surface area contributed by atoms with Crippen molar-refractivity contribution in [1.82, 2.24) is 0 Å². The number of hydrogen-bond acceptors (Lipinski definition) is 3. The van der Waals surface area contributed by atoms with Crippen LogP contribution in [0.15, 0.2) is 16.7 Å². The third-order valence-corrected chi connectivity index (χ3v) is 2.57. The van der Waals surface area contributed by atoms with Crippen LogP contribution in [0.5, 0.6) is 0 Å². The van der Waals surface area contributed by atoms with Crippen molar-refractivity contribution in [2.75, 3.05) is 6.54 Å². The lowest BCUT2D eigenvalue weighted by Crippen LogP contribution is -2.21. The molecule has 1 aliphatic rings. The molecule has 0 amide bonds. The van der Waals surface area contributed by atoms with Crippen molar-refractivity contribution in [3.63, 3.8) is 0 Å². The Morgan fingerprint density at radius 2 is 2.38 bits per heavy atom. The van der Waals surface area contributed by atoms with Gasteiger partial charge in [0, 0.05) is 12.8 Å². The van der Waals surface area contributed by atoms with E-state index in [-0.39, 0.29) is 5.78 Å². The fourth-order valence-electron chi connectivity index (χ4n) is 1.89. The molecule has 0 saturated heterocycles. The van der Waals surface area contributed by atoms with Gasteiger partial charge in [0.2, 0.25) is 0 Å². The number of fused-ring (bicyclic) bond motifs is 1. The molecule has 1 atom stereocenters. The number of carbonyl (C=O) groups is 1. The Morgan fingerprint density at radius 1 is 1.54 bits per heavy atom. The number of carbonyl (C=O) groups excluding carboxylic acids is 1. The highest BCUT2D eigenvalue weighted by molar-refractivity contribution is 5.98. The van der Waals surface area contributed by atoms with E-state index in [1.807, 2.05) is 0 Å². The van der Waals surface area contributed by atoms with Crippen molar-refractivity contribution in [3.8, 4) is 0 Å². The van der Waals surface area contributed by atoms with E-state index < -0.39 is 0 Å². The van der Waals surface area contributed by atoms with Crippen molar-refractivity contribution >= 4 is 5.78 Å². The zero-order valence-corrected chi connectivity index (χ0v) is 7.45. The van der Waals surface area contributed by atoms with Gasteiger partial charge in [-0.05, 0) is 24.9 Å². The van der Waals surface area contributed by atoms with E-state index in [0.29, 0.717) is 18.9 Å². The molecule has 2 N–H and O–H groups in total. The molecule has 0 radical (unpaired) electrons. The van der Waals surface area contributed by atoms with Crippen LogP contribution in [0.2, 0.25) is 0 Å². The van der Waals surface area contributed by atoms with Gasteiger partial charge in [0.1, 0.15) is 5.76 Å². The summed E-state index contributed by atoms with van der Waals surface area (Å²) in [5.41, 5.74) is 6.23. The number of nitrogens with two attached hydrogens (primary N) is 1. The van der Waals surface area contributed by atoms with E-state index in [9.17, 15) is 4.79 Å². The summed E-state index contributed by atoms with van der Waals surface area (Å²) in [7, 11) is 0. The van der Waals surface area contributed by atoms with Crippen LogP contribution in [0, 0.1) is 5.92 Å². The maximum absolute atomic E-state index is 11.5. The first-order valence-electron chi connectivity index (χ1n) is 4.61. The number of rotatable bonds is 2. The van der Waals surface area contributed by atoms with Gasteiger partial charge >= 0.3 is 0 Å². The number of furan rings is 1. The van der Waals surface area contributed by atoms with Crippen LogP contribution in [-0.2, 0) is 6.42 Å². The van der Waals surface area contributed by atoms with Crippen LogP contribution in [0.25, 0.3) is 0 Å². The Kier molecular flexibility index (Phi) is 2.19. The molecule has 1 aliphatic carbocycles. The molecular formula is C10H13NO2. The Balaban J connectivity index is 2.19. The minimum Gasteiger partial charge on any atom is -0.469 e. The summed E-state index contributed by atoms with van der Waals surface area (Å²) in [5.74, 6) is 1.43. The van der Waals surface area contributed by atoms with Gasteiger partial charge in [0.15, 0.2) is 5.78 Å². The monoisotopic (exact) mass is 179 g/mol. The summed E-state index contributed by atoms with van der Waals surface area (Å²) >= 11 is 0. The molecule has 1 heterocycles.